The fraction of sp³-hybridized carbons (Fsp3) is 0.533. The van der Waals surface area contributed by atoms with Crippen LogP contribution in [0.2, 0.25) is 0 Å². The fourth-order valence-corrected chi connectivity index (χ4v) is 1.97. The zero-order valence-corrected chi connectivity index (χ0v) is 14.5. The Morgan fingerprint density at radius 2 is 2.00 bits per heavy atom. The number of amides is 1. The lowest BCUT2D eigenvalue weighted by atomic mass is 10.0. The van der Waals surface area contributed by atoms with E-state index in [2.05, 4.69) is 5.32 Å². The van der Waals surface area contributed by atoms with Crippen LogP contribution in [0.1, 0.15) is 32.4 Å². The Hall–Kier alpha value is -2.59. The smallest absolute Gasteiger partial charge is 0.407 e. The number of carbonyl (C=O) groups excluding carboxylic acids is 1. The van der Waals surface area contributed by atoms with E-state index in [1.807, 2.05) is 0 Å². The molecule has 25 heavy (non-hydrogen) atoms. The molecule has 0 heterocycles. The van der Waals surface area contributed by atoms with Gasteiger partial charge in [0.05, 0.1) is 18.1 Å². The number of hydrogen-bond acceptors (Lipinski definition) is 8. The monoisotopic (exact) mass is 357 g/mol. The first-order chi connectivity index (χ1) is 11.5. The number of nitrogen functional groups attached to an aromatic ring is 1. The number of ether oxygens (including phenoxy) is 2. The number of nitrogens with zero attached hydrogens (tertiary/aromatic N) is 1. The van der Waals surface area contributed by atoms with Gasteiger partial charge in [0, 0.05) is 12.1 Å². The van der Waals surface area contributed by atoms with Crippen molar-refractivity contribution in [2.75, 3.05) is 19.4 Å². The van der Waals surface area contributed by atoms with Crippen molar-refractivity contribution in [2.45, 2.75) is 38.6 Å². The Labute approximate surface area is 144 Å². The van der Waals surface area contributed by atoms with Gasteiger partial charge in [-0.3, -0.25) is 10.1 Å². The molecule has 1 amide bonds. The average Bonchev–Trinajstić information content (AvgIpc) is 2.50. The molecule has 0 spiro atoms. The van der Waals surface area contributed by atoms with Gasteiger partial charge in [-0.1, -0.05) is 0 Å². The first-order valence-electron chi connectivity index (χ1n) is 7.41. The molecule has 0 fully saturated rings. The maximum absolute atomic E-state index is 11.6. The molecule has 0 aliphatic carbocycles. The SMILES string of the molecule is COc1cc(C(O)C(O)CNC(=O)OC(C)(C)C)c(N)c([N+](=O)[O-])c1. The average molecular weight is 357 g/mol. The zero-order chi connectivity index (χ0) is 19.4. The van der Waals surface area contributed by atoms with E-state index in [0.717, 1.165) is 6.07 Å². The van der Waals surface area contributed by atoms with Crippen molar-refractivity contribution in [3.05, 3.63) is 27.8 Å². The van der Waals surface area contributed by atoms with Gasteiger partial charge in [0.25, 0.3) is 5.69 Å². The highest BCUT2D eigenvalue weighted by Gasteiger charge is 2.27. The maximum atomic E-state index is 11.6. The molecule has 10 nitrogen and oxygen atoms in total. The number of benzene rings is 1. The van der Waals surface area contributed by atoms with E-state index in [1.54, 1.807) is 20.8 Å². The summed E-state index contributed by atoms with van der Waals surface area (Å²) in [5.74, 6) is 0.0993. The largest absolute Gasteiger partial charge is 0.496 e. The number of nitro groups is 1. The van der Waals surface area contributed by atoms with E-state index in [4.69, 9.17) is 15.2 Å². The van der Waals surface area contributed by atoms with Crippen LogP contribution in [0.15, 0.2) is 12.1 Å². The van der Waals surface area contributed by atoms with Crippen LogP contribution < -0.4 is 15.8 Å². The number of rotatable bonds is 6. The number of nitrogens with two attached hydrogens (primary N) is 1. The number of alkyl carbamates (subject to hydrolysis) is 1. The van der Waals surface area contributed by atoms with Crippen molar-refractivity contribution in [2.24, 2.45) is 0 Å². The van der Waals surface area contributed by atoms with E-state index in [0.29, 0.717) is 0 Å². The van der Waals surface area contributed by atoms with Crippen LogP contribution in [-0.2, 0) is 4.74 Å². The summed E-state index contributed by atoms with van der Waals surface area (Å²) in [6.45, 7) is 4.68. The summed E-state index contributed by atoms with van der Waals surface area (Å²) in [5, 5.41) is 33.6. The quantitative estimate of drug-likeness (QED) is 0.335. The van der Waals surface area contributed by atoms with Gasteiger partial charge in [0.2, 0.25) is 0 Å². The third-order valence-corrected chi connectivity index (χ3v) is 3.13. The maximum Gasteiger partial charge on any atom is 0.407 e. The lowest BCUT2D eigenvalue weighted by molar-refractivity contribution is -0.384. The number of methoxy groups -OCH3 is 1. The van der Waals surface area contributed by atoms with Crippen LogP contribution in [0, 0.1) is 10.1 Å². The zero-order valence-electron chi connectivity index (χ0n) is 14.5. The normalized spacial score (nSPS) is 13.7. The second-order valence-electron chi connectivity index (χ2n) is 6.30. The molecule has 1 aromatic rings. The van der Waals surface area contributed by atoms with Crippen LogP contribution in [0.3, 0.4) is 0 Å². The summed E-state index contributed by atoms with van der Waals surface area (Å²) in [6.07, 6.45) is -3.83. The lowest BCUT2D eigenvalue weighted by Crippen LogP contribution is -2.39. The van der Waals surface area contributed by atoms with Crippen LogP contribution in [0.25, 0.3) is 0 Å². The van der Waals surface area contributed by atoms with E-state index in [-0.39, 0.29) is 23.5 Å². The summed E-state index contributed by atoms with van der Waals surface area (Å²) < 4.78 is 9.95. The number of aliphatic hydroxyl groups excluding tert-OH is 2. The molecule has 0 bridgehead atoms. The molecule has 0 radical (unpaired) electrons. The lowest BCUT2D eigenvalue weighted by Gasteiger charge is -2.23. The summed E-state index contributed by atoms with van der Waals surface area (Å²) in [4.78, 5) is 21.9. The van der Waals surface area contributed by atoms with Crippen molar-refractivity contribution in [1.82, 2.24) is 5.32 Å². The van der Waals surface area contributed by atoms with Gasteiger partial charge in [-0.15, -0.1) is 0 Å². The molecule has 0 aromatic heterocycles. The van der Waals surface area contributed by atoms with Crippen molar-refractivity contribution < 1.29 is 29.4 Å². The Morgan fingerprint density at radius 3 is 2.48 bits per heavy atom. The van der Waals surface area contributed by atoms with Gasteiger partial charge in [-0.2, -0.15) is 0 Å². The number of carbonyl (C=O) groups is 1. The molecule has 0 aliphatic heterocycles. The van der Waals surface area contributed by atoms with Gasteiger partial charge < -0.3 is 30.7 Å². The molecular formula is C15H23N3O7. The van der Waals surface area contributed by atoms with Gasteiger partial charge in [-0.25, -0.2) is 4.79 Å². The predicted molar refractivity (Wildman–Crippen MR) is 89.3 cm³/mol. The number of nitro benzene ring substituents is 1. The Morgan fingerprint density at radius 1 is 1.40 bits per heavy atom. The molecule has 2 atom stereocenters. The molecule has 0 aliphatic rings. The summed E-state index contributed by atoms with van der Waals surface area (Å²) in [6, 6.07) is 2.39. The molecule has 1 rings (SSSR count). The molecule has 1 aromatic carbocycles. The van der Waals surface area contributed by atoms with E-state index >= 15 is 0 Å². The molecule has 0 saturated carbocycles. The molecule has 140 valence electrons. The number of hydrogen-bond donors (Lipinski definition) is 4. The standard InChI is InChI=1S/C15H23N3O7/c1-15(2,3)25-14(21)17-7-11(19)13(20)9-5-8(24-4)6-10(12(9)16)18(22)23/h5-6,11,13,19-20H,7,16H2,1-4H3,(H,17,21). The van der Waals surface area contributed by atoms with Crippen molar-refractivity contribution >= 4 is 17.5 Å². The minimum atomic E-state index is -1.58. The predicted octanol–water partition coefficient (Wildman–Crippen LogP) is 1.10. The highest BCUT2D eigenvalue weighted by Crippen LogP contribution is 2.35. The Kier molecular flexibility index (Phi) is 6.54. The summed E-state index contributed by atoms with van der Waals surface area (Å²) in [7, 11) is 1.30. The van der Waals surface area contributed by atoms with Crippen LogP contribution >= 0.6 is 0 Å². The minimum Gasteiger partial charge on any atom is -0.496 e. The molecule has 2 unspecified atom stereocenters. The van der Waals surface area contributed by atoms with Crippen molar-refractivity contribution in [3.8, 4) is 5.75 Å². The van der Waals surface area contributed by atoms with Gasteiger partial charge in [0.1, 0.15) is 29.2 Å². The van der Waals surface area contributed by atoms with Gasteiger partial charge in [0.15, 0.2) is 0 Å². The molecule has 0 saturated heterocycles. The number of aliphatic hydroxyl groups is 2. The minimum absolute atomic E-state index is 0.0791. The third kappa shape index (κ3) is 5.76. The van der Waals surface area contributed by atoms with Crippen LogP contribution in [-0.4, -0.2) is 46.6 Å². The van der Waals surface area contributed by atoms with Crippen molar-refractivity contribution in [1.29, 1.82) is 0 Å². The van der Waals surface area contributed by atoms with Crippen LogP contribution in [0.5, 0.6) is 5.75 Å². The highest BCUT2D eigenvalue weighted by molar-refractivity contribution is 5.68. The second kappa shape index (κ2) is 7.99. The van der Waals surface area contributed by atoms with Gasteiger partial charge in [-0.05, 0) is 26.8 Å². The Balaban J connectivity index is 2.91. The Bertz CT molecular complexity index is 643. The first-order valence-corrected chi connectivity index (χ1v) is 7.41. The molecule has 10 heteroatoms. The number of anilines is 1. The third-order valence-electron chi connectivity index (χ3n) is 3.13. The van der Waals surface area contributed by atoms with E-state index in [9.17, 15) is 25.1 Å². The van der Waals surface area contributed by atoms with E-state index in [1.165, 1.54) is 13.2 Å². The topological polar surface area (TPSA) is 157 Å². The summed E-state index contributed by atoms with van der Waals surface area (Å²) >= 11 is 0. The van der Waals surface area contributed by atoms with E-state index < -0.39 is 34.5 Å². The molecule has 5 N–H and O–H groups in total. The van der Waals surface area contributed by atoms with Crippen molar-refractivity contribution in [3.63, 3.8) is 0 Å². The fourth-order valence-electron chi connectivity index (χ4n) is 1.97. The molecular weight excluding hydrogens is 334 g/mol. The first kappa shape index (κ1) is 20.5. The summed E-state index contributed by atoms with van der Waals surface area (Å²) in [5.41, 5.74) is 4.16. The second-order valence-corrected chi connectivity index (χ2v) is 6.30. The highest BCUT2D eigenvalue weighted by atomic mass is 16.6. The van der Waals surface area contributed by atoms with Crippen LogP contribution in [0.4, 0.5) is 16.2 Å². The van der Waals surface area contributed by atoms with Gasteiger partial charge >= 0.3 is 6.09 Å². The number of nitrogens with one attached hydrogen (secondary N) is 1.